The van der Waals surface area contributed by atoms with Crippen molar-refractivity contribution < 1.29 is 17.9 Å². The van der Waals surface area contributed by atoms with Gasteiger partial charge in [0.15, 0.2) is 6.61 Å². The highest BCUT2D eigenvalue weighted by Gasteiger charge is 2.17. The summed E-state index contributed by atoms with van der Waals surface area (Å²) in [6, 6.07) is 9.48. The number of benzene rings is 2. The molecule has 8 heteroatoms. The molecule has 0 fully saturated rings. The van der Waals surface area contributed by atoms with Gasteiger partial charge >= 0.3 is 0 Å². The molecule has 0 atom stereocenters. The van der Waals surface area contributed by atoms with Gasteiger partial charge in [0.1, 0.15) is 5.75 Å². The van der Waals surface area contributed by atoms with Crippen LogP contribution in [-0.4, -0.2) is 27.0 Å². The molecule has 6 nitrogen and oxygen atoms in total. The van der Waals surface area contributed by atoms with Crippen LogP contribution in [0.1, 0.15) is 25.0 Å². The number of carbonyl (C=O) groups excluding carboxylic acids is 1. The summed E-state index contributed by atoms with van der Waals surface area (Å²) in [5.41, 5.74) is 2.89. The van der Waals surface area contributed by atoms with Crippen molar-refractivity contribution in [3.05, 3.63) is 52.5 Å². The summed E-state index contributed by atoms with van der Waals surface area (Å²) in [6.07, 6.45) is 0. The van der Waals surface area contributed by atoms with E-state index in [1.54, 1.807) is 13.8 Å². The molecule has 0 saturated heterocycles. The predicted octanol–water partition coefficient (Wildman–Crippen LogP) is 3.66. The summed E-state index contributed by atoms with van der Waals surface area (Å²) in [5.74, 6) is -0.108. The number of anilines is 1. The number of hydrogen-bond acceptors (Lipinski definition) is 4. The summed E-state index contributed by atoms with van der Waals surface area (Å²) in [5, 5.41) is 2.86. The lowest BCUT2D eigenvalue weighted by molar-refractivity contribution is -0.118. The van der Waals surface area contributed by atoms with Crippen molar-refractivity contribution in [3.63, 3.8) is 0 Å². The maximum Gasteiger partial charge on any atom is 0.262 e. The smallest absolute Gasteiger partial charge is 0.262 e. The molecule has 0 aromatic heterocycles. The standard InChI is InChI=1S/C19H23ClN2O4S/c1-12(2)22-27(24,25)16-7-8-18(17(20)10-16)26-11-19(23)21-15-6-5-13(3)14(4)9-15/h5-10,12,22H,11H2,1-4H3,(H,21,23). The minimum Gasteiger partial charge on any atom is -0.482 e. The van der Waals surface area contributed by atoms with Gasteiger partial charge in [0.25, 0.3) is 5.91 Å². The molecule has 0 aliphatic heterocycles. The third-order valence-corrected chi connectivity index (χ3v) is 5.71. The average molecular weight is 411 g/mol. The zero-order valence-corrected chi connectivity index (χ0v) is 17.2. The van der Waals surface area contributed by atoms with E-state index in [0.717, 1.165) is 11.1 Å². The van der Waals surface area contributed by atoms with Crippen molar-refractivity contribution in [2.75, 3.05) is 11.9 Å². The Morgan fingerprint density at radius 3 is 2.41 bits per heavy atom. The lowest BCUT2D eigenvalue weighted by Gasteiger charge is -2.12. The maximum atomic E-state index is 12.2. The van der Waals surface area contributed by atoms with Crippen molar-refractivity contribution in [1.29, 1.82) is 0 Å². The molecule has 146 valence electrons. The van der Waals surface area contributed by atoms with Gasteiger partial charge in [-0.05, 0) is 69.2 Å². The lowest BCUT2D eigenvalue weighted by atomic mass is 10.1. The SMILES string of the molecule is Cc1ccc(NC(=O)COc2ccc(S(=O)(=O)NC(C)C)cc2Cl)cc1C. The van der Waals surface area contributed by atoms with Crippen LogP contribution in [0.25, 0.3) is 0 Å². The summed E-state index contributed by atoms with van der Waals surface area (Å²) in [4.78, 5) is 12.1. The first-order valence-electron chi connectivity index (χ1n) is 8.40. The molecular weight excluding hydrogens is 388 g/mol. The average Bonchev–Trinajstić information content (AvgIpc) is 2.56. The van der Waals surface area contributed by atoms with E-state index in [0.29, 0.717) is 5.69 Å². The third-order valence-electron chi connectivity index (χ3n) is 3.75. The Morgan fingerprint density at radius 1 is 1.11 bits per heavy atom. The minimum atomic E-state index is -3.65. The Bertz CT molecular complexity index is 943. The largest absolute Gasteiger partial charge is 0.482 e. The van der Waals surface area contributed by atoms with Crippen molar-refractivity contribution in [1.82, 2.24) is 4.72 Å². The molecule has 0 heterocycles. The van der Waals surface area contributed by atoms with E-state index >= 15 is 0 Å². The van der Waals surface area contributed by atoms with Crippen LogP contribution >= 0.6 is 11.6 Å². The predicted molar refractivity (Wildman–Crippen MR) is 107 cm³/mol. The number of ether oxygens (including phenoxy) is 1. The lowest BCUT2D eigenvalue weighted by Crippen LogP contribution is -2.30. The molecule has 0 aliphatic carbocycles. The minimum absolute atomic E-state index is 0.0353. The molecular formula is C19H23ClN2O4S. The van der Waals surface area contributed by atoms with Crippen LogP contribution in [0.5, 0.6) is 5.75 Å². The number of aryl methyl sites for hydroxylation is 2. The third kappa shape index (κ3) is 5.95. The Labute approximate surface area is 164 Å². The van der Waals surface area contributed by atoms with Crippen molar-refractivity contribution in [2.45, 2.75) is 38.6 Å². The van der Waals surface area contributed by atoms with E-state index in [4.69, 9.17) is 16.3 Å². The number of halogens is 1. The van der Waals surface area contributed by atoms with Gasteiger partial charge in [0.05, 0.1) is 9.92 Å². The Morgan fingerprint density at radius 2 is 1.81 bits per heavy atom. The second kappa shape index (κ2) is 8.73. The van der Waals surface area contributed by atoms with E-state index in [1.807, 2.05) is 32.0 Å². The molecule has 0 spiro atoms. The van der Waals surface area contributed by atoms with Crippen LogP contribution in [0.15, 0.2) is 41.3 Å². The molecule has 0 aliphatic rings. The fourth-order valence-corrected chi connectivity index (χ4v) is 3.88. The molecule has 0 saturated carbocycles. The van der Waals surface area contributed by atoms with Gasteiger partial charge < -0.3 is 10.1 Å². The Balaban J connectivity index is 2.01. The van der Waals surface area contributed by atoms with Crippen LogP contribution in [0, 0.1) is 13.8 Å². The van der Waals surface area contributed by atoms with Crippen molar-refractivity contribution in [2.24, 2.45) is 0 Å². The molecule has 27 heavy (non-hydrogen) atoms. The van der Waals surface area contributed by atoms with Gasteiger partial charge in [-0.3, -0.25) is 4.79 Å². The number of hydrogen-bond donors (Lipinski definition) is 2. The molecule has 0 unspecified atom stereocenters. The van der Waals surface area contributed by atoms with Gasteiger partial charge in [-0.25, -0.2) is 13.1 Å². The van der Waals surface area contributed by atoms with Crippen molar-refractivity contribution in [3.8, 4) is 5.75 Å². The summed E-state index contributed by atoms with van der Waals surface area (Å²) in [6.45, 7) is 7.16. The molecule has 0 bridgehead atoms. The number of rotatable bonds is 7. The Hall–Kier alpha value is -2.09. The number of carbonyl (C=O) groups is 1. The first kappa shape index (κ1) is 21.2. The first-order chi connectivity index (χ1) is 12.6. The number of amides is 1. The molecule has 2 aromatic carbocycles. The van der Waals surface area contributed by atoms with E-state index in [1.165, 1.54) is 18.2 Å². The first-order valence-corrected chi connectivity index (χ1v) is 10.3. The second-order valence-corrected chi connectivity index (χ2v) is 8.63. The van der Waals surface area contributed by atoms with Crippen LogP contribution in [0.3, 0.4) is 0 Å². The zero-order chi connectivity index (χ0) is 20.2. The molecule has 2 N–H and O–H groups in total. The molecule has 1 amide bonds. The van der Waals surface area contributed by atoms with Crippen LogP contribution in [0.2, 0.25) is 5.02 Å². The van der Waals surface area contributed by atoms with E-state index in [-0.39, 0.29) is 34.2 Å². The fourth-order valence-electron chi connectivity index (χ4n) is 2.30. The van der Waals surface area contributed by atoms with Crippen molar-refractivity contribution >= 4 is 33.2 Å². The van der Waals surface area contributed by atoms with Gasteiger partial charge in [0, 0.05) is 11.7 Å². The summed E-state index contributed by atoms with van der Waals surface area (Å²) >= 11 is 6.10. The van der Waals surface area contributed by atoms with E-state index in [9.17, 15) is 13.2 Å². The number of sulfonamides is 1. The Kier molecular flexibility index (Phi) is 6.86. The van der Waals surface area contributed by atoms with Gasteiger partial charge in [-0.1, -0.05) is 17.7 Å². The van der Waals surface area contributed by atoms with Crippen LogP contribution in [0.4, 0.5) is 5.69 Å². The quantitative estimate of drug-likeness (QED) is 0.729. The zero-order valence-electron chi connectivity index (χ0n) is 15.7. The van der Waals surface area contributed by atoms with Gasteiger partial charge in [-0.2, -0.15) is 0 Å². The van der Waals surface area contributed by atoms with Crippen LogP contribution in [-0.2, 0) is 14.8 Å². The topological polar surface area (TPSA) is 84.5 Å². The highest BCUT2D eigenvalue weighted by atomic mass is 35.5. The van der Waals surface area contributed by atoms with Gasteiger partial charge in [0.2, 0.25) is 10.0 Å². The van der Waals surface area contributed by atoms with E-state index < -0.39 is 10.0 Å². The highest BCUT2D eigenvalue weighted by molar-refractivity contribution is 7.89. The highest BCUT2D eigenvalue weighted by Crippen LogP contribution is 2.27. The molecule has 2 aromatic rings. The monoisotopic (exact) mass is 410 g/mol. The maximum absolute atomic E-state index is 12.2. The van der Waals surface area contributed by atoms with E-state index in [2.05, 4.69) is 10.0 Å². The number of nitrogens with one attached hydrogen (secondary N) is 2. The molecule has 0 radical (unpaired) electrons. The van der Waals surface area contributed by atoms with Gasteiger partial charge in [-0.15, -0.1) is 0 Å². The fraction of sp³-hybridized carbons (Fsp3) is 0.316. The summed E-state index contributed by atoms with van der Waals surface area (Å²) in [7, 11) is -3.65. The molecule has 2 rings (SSSR count). The summed E-state index contributed by atoms with van der Waals surface area (Å²) < 4.78 is 32.2. The second-order valence-electron chi connectivity index (χ2n) is 6.50. The normalized spacial score (nSPS) is 11.5. The van der Waals surface area contributed by atoms with Crippen LogP contribution < -0.4 is 14.8 Å².